The average molecular weight is 243 g/mol. The van der Waals surface area contributed by atoms with Gasteiger partial charge < -0.3 is 10.4 Å². The van der Waals surface area contributed by atoms with E-state index in [9.17, 15) is 5.11 Å². The van der Waals surface area contributed by atoms with Crippen LogP contribution in [-0.2, 0) is 0 Å². The fourth-order valence-corrected chi connectivity index (χ4v) is 1.37. The van der Waals surface area contributed by atoms with E-state index in [2.05, 4.69) is 24.1 Å². The van der Waals surface area contributed by atoms with Gasteiger partial charge in [0.05, 0.1) is 18.5 Å². The molecule has 0 saturated heterocycles. The van der Waals surface area contributed by atoms with Gasteiger partial charge in [-0.2, -0.15) is 0 Å². The van der Waals surface area contributed by atoms with Crippen molar-refractivity contribution < 1.29 is 5.11 Å². The van der Waals surface area contributed by atoms with Crippen LogP contribution in [0.15, 0.2) is 12.3 Å². The highest BCUT2D eigenvalue weighted by Crippen LogP contribution is 2.22. The van der Waals surface area contributed by atoms with Crippen LogP contribution in [0.3, 0.4) is 0 Å². The van der Waals surface area contributed by atoms with E-state index in [1.807, 2.05) is 13.0 Å². The van der Waals surface area contributed by atoms with E-state index in [1.54, 1.807) is 6.20 Å². The molecule has 1 atom stereocenters. The van der Waals surface area contributed by atoms with E-state index >= 15 is 0 Å². The summed E-state index contributed by atoms with van der Waals surface area (Å²) in [5, 5.41) is 13.1. The molecular formula is C12H19ClN2O. The van der Waals surface area contributed by atoms with E-state index in [4.69, 9.17) is 11.6 Å². The van der Waals surface area contributed by atoms with E-state index in [0.717, 1.165) is 24.2 Å². The summed E-state index contributed by atoms with van der Waals surface area (Å²) in [6, 6.07) is 1.96. The van der Waals surface area contributed by atoms with Crippen molar-refractivity contribution in [2.75, 3.05) is 18.5 Å². The number of nitrogens with zero attached hydrogens (tertiary/aromatic N) is 1. The predicted molar refractivity (Wildman–Crippen MR) is 68.0 cm³/mol. The number of nitrogens with one attached hydrogen (secondary N) is 1. The minimum absolute atomic E-state index is 0.0897. The lowest BCUT2D eigenvalue weighted by Crippen LogP contribution is -2.29. The Morgan fingerprint density at radius 2 is 2.25 bits per heavy atom. The van der Waals surface area contributed by atoms with Gasteiger partial charge in [0.25, 0.3) is 0 Å². The normalized spacial score (nSPS) is 14.6. The minimum atomic E-state index is -0.0897. The number of rotatable bonds is 5. The first-order chi connectivity index (χ1) is 7.50. The number of aliphatic hydroxyl groups excluding tert-OH is 1. The van der Waals surface area contributed by atoms with Crippen molar-refractivity contribution in [1.82, 2.24) is 4.98 Å². The van der Waals surface area contributed by atoms with Crippen LogP contribution in [-0.4, -0.2) is 23.2 Å². The van der Waals surface area contributed by atoms with Gasteiger partial charge in [0, 0.05) is 12.0 Å². The van der Waals surface area contributed by atoms with E-state index in [0.29, 0.717) is 5.15 Å². The van der Waals surface area contributed by atoms with Crippen LogP contribution < -0.4 is 5.32 Å². The van der Waals surface area contributed by atoms with Crippen LogP contribution in [0.4, 0.5) is 5.69 Å². The number of aliphatic hydroxyl groups is 1. The Kier molecular flexibility index (Phi) is 4.56. The monoisotopic (exact) mass is 242 g/mol. The lowest BCUT2D eigenvalue weighted by Gasteiger charge is -2.26. The third-order valence-electron chi connectivity index (χ3n) is 2.97. The molecule has 1 aromatic heterocycles. The molecule has 2 N–H and O–H groups in total. The smallest absolute Gasteiger partial charge is 0.132 e. The Balaban J connectivity index is 2.64. The van der Waals surface area contributed by atoms with Gasteiger partial charge in [-0.1, -0.05) is 25.4 Å². The molecule has 0 fully saturated rings. The highest BCUT2D eigenvalue weighted by atomic mass is 35.5. The number of anilines is 1. The van der Waals surface area contributed by atoms with Crippen molar-refractivity contribution in [2.24, 2.45) is 5.41 Å². The van der Waals surface area contributed by atoms with Crippen LogP contribution in [0.25, 0.3) is 0 Å². The highest BCUT2D eigenvalue weighted by Gasteiger charge is 2.20. The SMILES string of the molecule is CCC(C)(CO)CNc1cnc(Cl)c(C)c1. The molecule has 0 bridgehead atoms. The Bertz CT molecular complexity index is 351. The summed E-state index contributed by atoms with van der Waals surface area (Å²) < 4.78 is 0. The van der Waals surface area contributed by atoms with E-state index in [1.165, 1.54) is 0 Å². The van der Waals surface area contributed by atoms with Crippen LogP contribution in [0, 0.1) is 12.3 Å². The van der Waals surface area contributed by atoms with Crippen molar-refractivity contribution in [2.45, 2.75) is 27.2 Å². The summed E-state index contributed by atoms with van der Waals surface area (Å²) >= 11 is 5.85. The second-order valence-electron chi connectivity index (χ2n) is 4.51. The van der Waals surface area contributed by atoms with Gasteiger partial charge in [0.2, 0.25) is 0 Å². The number of aromatic nitrogens is 1. The fourth-order valence-electron chi connectivity index (χ4n) is 1.26. The van der Waals surface area contributed by atoms with Crippen LogP contribution in [0.1, 0.15) is 25.8 Å². The fraction of sp³-hybridized carbons (Fsp3) is 0.583. The molecule has 1 unspecified atom stereocenters. The first-order valence-corrected chi connectivity index (χ1v) is 5.85. The third kappa shape index (κ3) is 3.35. The van der Waals surface area contributed by atoms with Crippen LogP contribution in [0.2, 0.25) is 5.15 Å². The molecule has 16 heavy (non-hydrogen) atoms. The van der Waals surface area contributed by atoms with Gasteiger partial charge in [-0.3, -0.25) is 0 Å². The zero-order chi connectivity index (χ0) is 12.2. The van der Waals surface area contributed by atoms with Crippen LogP contribution >= 0.6 is 11.6 Å². The van der Waals surface area contributed by atoms with Gasteiger partial charge in [-0.15, -0.1) is 0 Å². The molecule has 0 aliphatic rings. The van der Waals surface area contributed by atoms with Gasteiger partial charge in [0.15, 0.2) is 0 Å². The largest absolute Gasteiger partial charge is 0.396 e. The van der Waals surface area contributed by atoms with Gasteiger partial charge in [0.1, 0.15) is 5.15 Å². The van der Waals surface area contributed by atoms with Crippen LogP contribution in [0.5, 0.6) is 0 Å². The molecule has 0 spiro atoms. The lowest BCUT2D eigenvalue weighted by molar-refractivity contribution is 0.149. The molecule has 4 heteroatoms. The van der Waals surface area contributed by atoms with Crippen molar-refractivity contribution in [3.8, 4) is 0 Å². The number of aryl methyl sites for hydroxylation is 1. The summed E-state index contributed by atoms with van der Waals surface area (Å²) in [6.45, 7) is 6.95. The molecule has 1 heterocycles. The summed E-state index contributed by atoms with van der Waals surface area (Å²) in [7, 11) is 0. The Morgan fingerprint density at radius 3 is 2.75 bits per heavy atom. The second-order valence-corrected chi connectivity index (χ2v) is 4.87. The van der Waals surface area contributed by atoms with Crippen molar-refractivity contribution in [3.05, 3.63) is 23.0 Å². The highest BCUT2D eigenvalue weighted by molar-refractivity contribution is 6.30. The Morgan fingerprint density at radius 1 is 1.56 bits per heavy atom. The zero-order valence-electron chi connectivity index (χ0n) is 10.0. The summed E-state index contributed by atoms with van der Waals surface area (Å²) in [5.41, 5.74) is 1.80. The lowest BCUT2D eigenvalue weighted by atomic mass is 9.88. The molecule has 0 saturated carbocycles. The molecule has 0 aliphatic heterocycles. The third-order valence-corrected chi connectivity index (χ3v) is 3.36. The van der Waals surface area contributed by atoms with E-state index in [-0.39, 0.29) is 12.0 Å². The Labute approximate surface area is 102 Å². The molecular weight excluding hydrogens is 224 g/mol. The second kappa shape index (κ2) is 5.51. The predicted octanol–water partition coefficient (Wildman–Crippen LogP) is 2.86. The summed E-state index contributed by atoms with van der Waals surface area (Å²) in [5.74, 6) is 0. The maximum atomic E-state index is 9.29. The van der Waals surface area contributed by atoms with Crippen molar-refractivity contribution in [3.63, 3.8) is 0 Å². The van der Waals surface area contributed by atoms with Gasteiger partial charge >= 0.3 is 0 Å². The molecule has 1 aromatic rings. The quantitative estimate of drug-likeness (QED) is 0.781. The van der Waals surface area contributed by atoms with Crippen molar-refractivity contribution in [1.29, 1.82) is 0 Å². The minimum Gasteiger partial charge on any atom is -0.396 e. The summed E-state index contributed by atoms with van der Waals surface area (Å²) in [4.78, 5) is 4.07. The first-order valence-electron chi connectivity index (χ1n) is 5.47. The summed E-state index contributed by atoms with van der Waals surface area (Å²) in [6.07, 6.45) is 2.64. The molecule has 1 rings (SSSR count). The van der Waals surface area contributed by atoms with Crippen molar-refractivity contribution >= 4 is 17.3 Å². The number of hydrogen-bond donors (Lipinski definition) is 2. The molecule has 0 amide bonds. The van der Waals surface area contributed by atoms with E-state index < -0.39 is 0 Å². The first kappa shape index (κ1) is 13.3. The maximum Gasteiger partial charge on any atom is 0.132 e. The standard InChI is InChI=1S/C12H19ClN2O/c1-4-12(3,8-16)7-15-10-5-9(2)11(13)14-6-10/h5-6,15-16H,4,7-8H2,1-3H3. The number of pyridine rings is 1. The maximum absolute atomic E-state index is 9.29. The van der Waals surface area contributed by atoms with Gasteiger partial charge in [-0.05, 0) is 25.0 Å². The number of halogens is 1. The number of hydrogen-bond acceptors (Lipinski definition) is 3. The zero-order valence-corrected chi connectivity index (χ0v) is 10.8. The molecule has 0 radical (unpaired) electrons. The Hall–Kier alpha value is -0.800. The molecule has 3 nitrogen and oxygen atoms in total. The average Bonchev–Trinajstić information content (AvgIpc) is 2.30. The molecule has 0 aliphatic carbocycles. The van der Waals surface area contributed by atoms with Gasteiger partial charge in [-0.25, -0.2) is 4.98 Å². The topological polar surface area (TPSA) is 45.1 Å². The molecule has 90 valence electrons. The molecule has 0 aromatic carbocycles.